The fraction of sp³-hybridized carbons (Fsp3) is 0.278. The molecule has 1 saturated heterocycles. The standard InChI is InChI=1S/C18H18N2O4S/c1-25(21,22)20(11-14-5-3-2-4-6-14)16-7-8-18(15(9-16)10-19)24-13-17-12-23-17/h2-9,17H,11-13H2,1H3/t17-/m1/s1. The molecule has 0 aliphatic carbocycles. The quantitative estimate of drug-likeness (QED) is 0.709. The third-order valence-electron chi connectivity index (χ3n) is 3.77. The average molecular weight is 358 g/mol. The number of ether oxygens (including phenoxy) is 2. The molecule has 0 N–H and O–H groups in total. The van der Waals surface area contributed by atoms with Crippen LogP contribution in [0, 0.1) is 11.3 Å². The second-order valence-electron chi connectivity index (χ2n) is 5.81. The Morgan fingerprint density at radius 1 is 1.28 bits per heavy atom. The van der Waals surface area contributed by atoms with Gasteiger partial charge in [0.1, 0.15) is 24.5 Å². The molecule has 0 amide bonds. The molecule has 2 aromatic rings. The summed E-state index contributed by atoms with van der Waals surface area (Å²) in [7, 11) is -3.51. The fourth-order valence-corrected chi connectivity index (χ4v) is 3.26. The molecule has 0 spiro atoms. The van der Waals surface area contributed by atoms with E-state index in [9.17, 15) is 13.7 Å². The lowest BCUT2D eigenvalue weighted by Gasteiger charge is -2.23. The molecule has 1 aliphatic heterocycles. The van der Waals surface area contributed by atoms with E-state index in [1.165, 1.54) is 10.4 Å². The summed E-state index contributed by atoms with van der Waals surface area (Å²) < 4.78 is 36.4. The average Bonchev–Trinajstić information content (AvgIpc) is 3.42. The molecular formula is C18H18N2O4S. The Kier molecular flexibility index (Phi) is 4.93. The van der Waals surface area contributed by atoms with E-state index in [2.05, 4.69) is 6.07 Å². The zero-order chi connectivity index (χ0) is 17.9. The van der Waals surface area contributed by atoms with Crippen molar-refractivity contribution < 1.29 is 17.9 Å². The van der Waals surface area contributed by atoms with Gasteiger partial charge in [-0.2, -0.15) is 5.26 Å². The number of sulfonamides is 1. The number of hydrogen-bond acceptors (Lipinski definition) is 5. The van der Waals surface area contributed by atoms with Crippen LogP contribution in [0.4, 0.5) is 5.69 Å². The van der Waals surface area contributed by atoms with Gasteiger partial charge in [0.05, 0.1) is 30.7 Å². The highest BCUT2D eigenvalue weighted by atomic mass is 32.2. The molecule has 1 aliphatic rings. The number of epoxide rings is 1. The smallest absolute Gasteiger partial charge is 0.232 e. The lowest BCUT2D eigenvalue weighted by Crippen LogP contribution is -2.29. The Labute approximate surface area is 147 Å². The van der Waals surface area contributed by atoms with Crippen molar-refractivity contribution in [2.45, 2.75) is 12.6 Å². The maximum atomic E-state index is 12.2. The van der Waals surface area contributed by atoms with Crippen molar-refractivity contribution in [2.24, 2.45) is 0 Å². The molecule has 3 rings (SSSR count). The molecule has 0 unspecified atom stereocenters. The zero-order valence-corrected chi connectivity index (χ0v) is 14.6. The van der Waals surface area contributed by atoms with E-state index >= 15 is 0 Å². The Balaban J connectivity index is 1.88. The minimum atomic E-state index is -3.51. The second-order valence-corrected chi connectivity index (χ2v) is 7.72. The molecule has 0 saturated carbocycles. The monoisotopic (exact) mass is 358 g/mol. The van der Waals surface area contributed by atoms with E-state index in [0.717, 1.165) is 11.8 Å². The lowest BCUT2D eigenvalue weighted by molar-refractivity contribution is 0.262. The summed E-state index contributed by atoms with van der Waals surface area (Å²) in [6.07, 6.45) is 1.23. The van der Waals surface area contributed by atoms with Crippen molar-refractivity contribution in [2.75, 3.05) is 23.8 Å². The number of nitriles is 1. The maximum Gasteiger partial charge on any atom is 0.232 e. The van der Waals surface area contributed by atoms with Gasteiger partial charge in [-0.15, -0.1) is 0 Å². The molecule has 130 valence electrons. The lowest BCUT2D eigenvalue weighted by atomic mass is 10.1. The number of hydrogen-bond donors (Lipinski definition) is 0. The highest BCUT2D eigenvalue weighted by molar-refractivity contribution is 7.92. The SMILES string of the molecule is CS(=O)(=O)N(Cc1ccccc1)c1ccc(OC[C@H]2CO2)c(C#N)c1. The van der Waals surface area contributed by atoms with Crippen LogP contribution < -0.4 is 9.04 Å². The summed E-state index contributed by atoms with van der Waals surface area (Å²) in [6, 6.07) is 16.2. The molecule has 1 fully saturated rings. The van der Waals surface area contributed by atoms with Crippen LogP contribution in [0.3, 0.4) is 0 Å². The first-order chi connectivity index (χ1) is 12.0. The molecule has 25 heavy (non-hydrogen) atoms. The van der Waals surface area contributed by atoms with Crippen LogP contribution in [0.1, 0.15) is 11.1 Å². The first kappa shape index (κ1) is 17.3. The third-order valence-corrected chi connectivity index (χ3v) is 4.91. The van der Waals surface area contributed by atoms with Crippen LogP contribution in [-0.4, -0.2) is 34.0 Å². The van der Waals surface area contributed by atoms with Crippen LogP contribution in [0.15, 0.2) is 48.5 Å². The van der Waals surface area contributed by atoms with Crippen molar-refractivity contribution >= 4 is 15.7 Å². The van der Waals surface area contributed by atoms with Gasteiger partial charge in [0.25, 0.3) is 0 Å². The summed E-state index contributed by atoms with van der Waals surface area (Å²) in [5, 5.41) is 9.37. The molecular weight excluding hydrogens is 340 g/mol. The normalized spacial score (nSPS) is 16.1. The summed E-state index contributed by atoms with van der Waals surface area (Å²) >= 11 is 0. The molecule has 1 heterocycles. The number of benzene rings is 2. The zero-order valence-electron chi connectivity index (χ0n) is 13.8. The van der Waals surface area contributed by atoms with Crippen LogP contribution in [0.25, 0.3) is 0 Å². The van der Waals surface area contributed by atoms with Crippen LogP contribution in [0.2, 0.25) is 0 Å². The molecule has 7 heteroatoms. The van der Waals surface area contributed by atoms with Crippen molar-refractivity contribution in [1.29, 1.82) is 5.26 Å². The largest absolute Gasteiger partial charge is 0.489 e. The van der Waals surface area contributed by atoms with Crippen LogP contribution in [-0.2, 0) is 21.3 Å². The van der Waals surface area contributed by atoms with Crippen molar-refractivity contribution in [3.05, 3.63) is 59.7 Å². The number of rotatable bonds is 7. The van der Waals surface area contributed by atoms with Gasteiger partial charge < -0.3 is 9.47 Å². The predicted molar refractivity (Wildman–Crippen MR) is 93.9 cm³/mol. The minimum absolute atomic E-state index is 0.0804. The summed E-state index contributed by atoms with van der Waals surface area (Å²) in [4.78, 5) is 0. The van der Waals surface area contributed by atoms with E-state index in [0.29, 0.717) is 30.2 Å². The number of anilines is 1. The van der Waals surface area contributed by atoms with E-state index in [1.807, 2.05) is 30.3 Å². The van der Waals surface area contributed by atoms with Crippen molar-refractivity contribution in [3.8, 4) is 11.8 Å². The van der Waals surface area contributed by atoms with Crippen LogP contribution in [0.5, 0.6) is 5.75 Å². The van der Waals surface area contributed by atoms with Crippen molar-refractivity contribution in [3.63, 3.8) is 0 Å². The Hall–Kier alpha value is -2.56. The highest BCUT2D eigenvalue weighted by Crippen LogP contribution is 2.28. The van der Waals surface area contributed by atoms with E-state index in [4.69, 9.17) is 9.47 Å². The molecule has 0 bridgehead atoms. The topological polar surface area (TPSA) is 82.9 Å². The molecule has 1 atom stereocenters. The predicted octanol–water partition coefficient (Wildman–Crippen LogP) is 2.30. The van der Waals surface area contributed by atoms with Gasteiger partial charge in [-0.25, -0.2) is 8.42 Å². The second kappa shape index (κ2) is 7.13. The Morgan fingerprint density at radius 2 is 2.00 bits per heavy atom. The highest BCUT2D eigenvalue weighted by Gasteiger charge is 2.24. The number of nitrogens with zero attached hydrogens (tertiary/aromatic N) is 2. The summed E-state index contributed by atoms with van der Waals surface area (Å²) in [6.45, 7) is 1.24. The summed E-state index contributed by atoms with van der Waals surface area (Å²) in [5.74, 6) is 0.426. The van der Waals surface area contributed by atoms with Gasteiger partial charge in [-0.1, -0.05) is 30.3 Å². The van der Waals surface area contributed by atoms with Crippen LogP contribution >= 0.6 is 0 Å². The first-order valence-corrected chi connectivity index (χ1v) is 9.62. The van der Waals surface area contributed by atoms with Gasteiger partial charge in [0.2, 0.25) is 10.0 Å². The summed E-state index contributed by atoms with van der Waals surface area (Å²) in [5.41, 5.74) is 1.58. The third kappa shape index (κ3) is 4.50. The Bertz CT molecular complexity index is 887. The molecule has 0 radical (unpaired) electrons. The first-order valence-electron chi connectivity index (χ1n) is 7.77. The molecule has 2 aromatic carbocycles. The molecule has 6 nitrogen and oxygen atoms in total. The van der Waals surface area contributed by atoms with Gasteiger partial charge in [-0.3, -0.25) is 4.31 Å². The van der Waals surface area contributed by atoms with Gasteiger partial charge in [-0.05, 0) is 23.8 Å². The van der Waals surface area contributed by atoms with Gasteiger partial charge >= 0.3 is 0 Å². The maximum absolute atomic E-state index is 12.2. The Morgan fingerprint density at radius 3 is 2.60 bits per heavy atom. The minimum Gasteiger partial charge on any atom is -0.489 e. The van der Waals surface area contributed by atoms with Crippen molar-refractivity contribution in [1.82, 2.24) is 0 Å². The van der Waals surface area contributed by atoms with E-state index < -0.39 is 10.0 Å². The fourth-order valence-electron chi connectivity index (χ4n) is 2.38. The van der Waals surface area contributed by atoms with E-state index in [1.54, 1.807) is 12.1 Å². The molecule has 0 aromatic heterocycles. The van der Waals surface area contributed by atoms with E-state index in [-0.39, 0.29) is 12.6 Å². The van der Waals surface area contributed by atoms with Gasteiger partial charge in [0, 0.05) is 0 Å². The van der Waals surface area contributed by atoms with Gasteiger partial charge in [0.15, 0.2) is 0 Å².